The smallest absolute Gasteiger partial charge is 0.309 e. The van der Waals surface area contributed by atoms with E-state index >= 15 is 0 Å². The molecule has 0 amide bonds. The van der Waals surface area contributed by atoms with E-state index in [2.05, 4.69) is 0 Å². The van der Waals surface area contributed by atoms with Gasteiger partial charge in [-0.25, -0.2) is 0 Å². The molecule has 0 radical (unpaired) electrons. The molecule has 1 aliphatic heterocycles. The van der Waals surface area contributed by atoms with Crippen LogP contribution in [0.15, 0.2) is 30.3 Å². The minimum absolute atomic E-state index is 0.0306. The Bertz CT molecular complexity index is 475. The van der Waals surface area contributed by atoms with Gasteiger partial charge in [-0.3, -0.25) is 4.79 Å². The molecule has 2 fully saturated rings. The second-order valence-electron chi connectivity index (χ2n) is 5.63. The normalized spacial score (nSPS) is 28.3. The van der Waals surface area contributed by atoms with E-state index < -0.39 is 6.10 Å². The maximum atomic E-state index is 11.9. The van der Waals surface area contributed by atoms with Crippen molar-refractivity contribution in [1.29, 1.82) is 0 Å². The number of carbonyl (C=O) groups is 1. The van der Waals surface area contributed by atoms with Crippen molar-refractivity contribution in [2.75, 3.05) is 13.2 Å². The lowest BCUT2D eigenvalue weighted by Crippen LogP contribution is -2.29. The summed E-state index contributed by atoms with van der Waals surface area (Å²) < 4.78 is 16.0. The molecule has 5 nitrogen and oxygen atoms in total. The SMILES string of the molecule is O=C(OCC(O)COc1ccccc1)C1CCC2OC2C1. The molecule has 2 aliphatic rings. The van der Waals surface area contributed by atoms with E-state index in [0.29, 0.717) is 11.9 Å². The number of fused-ring (bicyclic) bond motifs is 1. The first-order valence-electron chi connectivity index (χ1n) is 7.40. The topological polar surface area (TPSA) is 68.3 Å². The zero-order chi connectivity index (χ0) is 14.7. The van der Waals surface area contributed by atoms with Crippen LogP contribution in [0.4, 0.5) is 0 Å². The monoisotopic (exact) mass is 292 g/mol. The van der Waals surface area contributed by atoms with Crippen molar-refractivity contribution in [3.63, 3.8) is 0 Å². The molecule has 1 saturated heterocycles. The van der Waals surface area contributed by atoms with Crippen LogP contribution in [0.2, 0.25) is 0 Å². The zero-order valence-electron chi connectivity index (χ0n) is 11.8. The van der Waals surface area contributed by atoms with Crippen LogP contribution < -0.4 is 4.74 Å². The predicted octanol–water partition coefficient (Wildman–Crippen LogP) is 1.54. The third-order valence-corrected chi connectivity index (χ3v) is 3.94. The Balaban J connectivity index is 1.35. The number of benzene rings is 1. The number of esters is 1. The molecule has 0 spiro atoms. The summed E-state index contributed by atoms with van der Waals surface area (Å²) in [4.78, 5) is 11.9. The molecule has 1 aromatic rings. The first kappa shape index (κ1) is 14.4. The van der Waals surface area contributed by atoms with Crippen molar-refractivity contribution in [1.82, 2.24) is 0 Å². The molecule has 114 valence electrons. The summed E-state index contributed by atoms with van der Waals surface area (Å²) in [6.45, 7) is 0.0763. The highest BCUT2D eigenvalue weighted by atomic mass is 16.6. The second-order valence-corrected chi connectivity index (χ2v) is 5.63. The van der Waals surface area contributed by atoms with Crippen LogP contribution in [-0.2, 0) is 14.3 Å². The van der Waals surface area contributed by atoms with Crippen molar-refractivity contribution in [2.24, 2.45) is 5.92 Å². The fourth-order valence-electron chi connectivity index (χ4n) is 2.67. The predicted molar refractivity (Wildman–Crippen MR) is 74.9 cm³/mol. The summed E-state index contributed by atoms with van der Waals surface area (Å²) in [6, 6.07) is 9.24. The number of hydrogen-bond acceptors (Lipinski definition) is 5. The van der Waals surface area contributed by atoms with Gasteiger partial charge in [-0.15, -0.1) is 0 Å². The highest BCUT2D eigenvalue weighted by Crippen LogP contribution is 2.39. The van der Waals surface area contributed by atoms with Crippen LogP contribution in [0.1, 0.15) is 19.3 Å². The molecule has 5 heteroatoms. The Kier molecular flexibility index (Phi) is 4.41. The summed E-state index contributed by atoms with van der Waals surface area (Å²) >= 11 is 0. The second kappa shape index (κ2) is 6.45. The van der Waals surface area contributed by atoms with E-state index in [1.54, 1.807) is 0 Å². The van der Waals surface area contributed by atoms with E-state index in [1.807, 2.05) is 30.3 Å². The number of aliphatic hydroxyl groups excluding tert-OH is 1. The summed E-state index contributed by atoms with van der Waals surface area (Å²) in [6.07, 6.45) is 2.31. The van der Waals surface area contributed by atoms with Crippen molar-refractivity contribution in [3.05, 3.63) is 30.3 Å². The lowest BCUT2D eigenvalue weighted by Gasteiger charge is -2.19. The van der Waals surface area contributed by atoms with Gasteiger partial charge in [0.2, 0.25) is 0 Å². The fourth-order valence-corrected chi connectivity index (χ4v) is 2.67. The molecular weight excluding hydrogens is 272 g/mol. The molecule has 0 aromatic heterocycles. The summed E-state index contributed by atoms with van der Waals surface area (Å²) in [7, 11) is 0. The lowest BCUT2D eigenvalue weighted by atomic mass is 9.89. The average molecular weight is 292 g/mol. The maximum Gasteiger partial charge on any atom is 0.309 e. The van der Waals surface area contributed by atoms with Crippen molar-refractivity contribution < 1.29 is 24.1 Å². The lowest BCUT2D eigenvalue weighted by molar-refractivity contribution is -0.153. The zero-order valence-corrected chi connectivity index (χ0v) is 11.8. The Hall–Kier alpha value is -1.59. The molecule has 1 N–H and O–H groups in total. The number of aliphatic hydroxyl groups is 1. The summed E-state index contributed by atoms with van der Waals surface area (Å²) in [5, 5.41) is 9.79. The molecule has 4 unspecified atom stereocenters. The Morgan fingerprint density at radius 3 is 2.81 bits per heavy atom. The van der Waals surface area contributed by atoms with Gasteiger partial charge in [0, 0.05) is 0 Å². The number of hydrogen-bond donors (Lipinski definition) is 1. The van der Waals surface area contributed by atoms with Gasteiger partial charge in [-0.1, -0.05) is 18.2 Å². The number of rotatable bonds is 6. The van der Waals surface area contributed by atoms with Crippen molar-refractivity contribution in [3.8, 4) is 5.75 Å². The van der Waals surface area contributed by atoms with E-state index in [9.17, 15) is 9.90 Å². The Morgan fingerprint density at radius 2 is 2.05 bits per heavy atom. The average Bonchev–Trinajstić information content (AvgIpc) is 3.30. The number of carbonyl (C=O) groups excluding carboxylic acids is 1. The van der Waals surface area contributed by atoms with Crippen LogP contribution in [0, 0.1) is 5.92 Å². The van der Waals surface area contributed by atoms with Gasteiger partial charge in [-0.2, -0.15) is 0 Å². The first-order chi connectivity index (χ1) is 10.2. The van der Waals surface area contributed by atoms with Crippen LogP contribution >= 0.6 is 0 Å². The Morgan fingerprint density at radius 1 is 1.24 bits per heavy atom. The summed E-state index contributed by atoms with van der Waals surface area (Å²) in [5.74, 6) is 0.366. The van der Waals surface area contributed by atoms with Gasteiger partial charge in [-0.05, 0) is 31.4 Å². The van der Waals surface area contributed by atoms with Crippen LogP contribution in [-0.4, -0.2) is 42.6 Å². The molecule has 1 aliphatic carbocycles. The molecule has 4 atom stereocenters. The number of para-hydroxylation sites is 1. The van der Waals surface area contributed by atoms with E-state index in [-0.39, 0.29) is 31.2 Å². The minimum atomic E-state index is -0.817. The largest absolute Gasteiger partial charge is 0.491 e. The van der Waals surface area contributed by atoms with E-state index in [1.165, 1.54) is 0 Å². The van der Waals surface area contributed by atoms with Gasteiger partial charge >= 0.3 is 5.97 Å². The number of ether oxygens (including phenoxy) is 3. The molecule has 1 aromatic carbocycles. The third-order valence-electron chi connectivity index (χ3n) is 3.94. The van der Waals surface area contributed by atoms with Crippen molar-refractivity contribution in [2.45, 2.75) is 37.6 Å². The molecule has 0 bridgehead atoms. The molecule has 1 heterocycles. The number of epoxide rings is 1. The summed E-state index contributed by atoms with van der Waals surface area (Å²) in [5.41, 5.74) is 0. The maximum absolute atomic E-state index is 11.9. The highest BCUT2D eigenvalue weighted by Gasteiger charge is 2.46. The third kappa shape index (κ3) is 3.95. The molecule has 21 heavy (non-hydrogen) atoms. The van der Waals surface area contributed by atoms with Gasteiger partial charge in [0.25, 0.3) is 0 Å². The van der Waals surface area contributed by atoms with Crippen LogP contribution in [0.25, 0.3) is 0 Å². The standard InChI is InChI=1S/C16H20O5/c17-12(9-19-13-4-2-1-3-5-13)10-20-16(18)11-6-7-14-15(8-11)21-14/h1-5,11-12,14-15,17H,6-10H2. The van der Waals surface area contributed by atoms with Crippen LogP contribution in [0.5, 0.6) is 5.75 Å². The Labute approximate surface area is 123 Å². The van der Waals surface area contributed by atoms with Crippen LogP contribution in [0.3, 0.4) is 0 Å². The highest BCUT2D eigenvalue weighted by molar-refractivity contribution is 5.72. The first-order valence-corrected chi connectivity index (χ1v) is 7.40. The molecule has 1 saturated carbocycles. The van der Waals surface area contributed by atoms with Gasteiger partial charge in [0.1, 0.15) is 25.1 Å². The minimum Gasteiger partial charge on any atom is -0.491 e. The van der Waals surface area contributed by atoms with Gasteiger partial charge in [0.15, 0.2) is 0 Å². The fraction of sp³-hybridized carbons (Fsp3) is 0.562. The molecular formula is C16H20O5. The molecule has 3 rings (SSSR count). The van der Waals surface area contributed by atoms with E-state index in [0.717, 1.165) is 19.3 Å². The quantitative estimate of drug-likeness (QED) is 0.636. The van der Waals surface area contributed by atoms with E-state index in [4.69, 9.17) is 14.2 Å². The van der Waals surface area contributed by atoms with Crippen molar-refractivity contribution >= 4 is 5.97 Å². The van der Waals surface area contributed by atoms with Gasteiger partial charge in [0.05, 0.1) is 18.1 Å². The van der Waals surface area contributed by atoms with Gasteiger partial charge < -0.3 is 19.3 Å².